The second kappa shape index (κ2) is 10.9. The summed E-state index contributed by atoms with van der Waals surface area (Å²) in [6.45, 7) is 5.19. The lowest BCUT2D eigenvalue weighted by molar-refractivity contribution is -0.141. The molecule has 3 rings (SSSR count). The van der Waals surface area contributed by atoms with Crippen molar-refractivity contribution in [1.82, 2.24) is 5.32 Å². The number of carbonyl (C=O) groups excluding carboxylic acids is 2. The molecule has 1 aliphatic carbocycles. The first-order valence-corrected chi connectivity index (χ1v) is 11.4. The van der Waals surface area contributed by atoms with E-state index in [2.05, 4.69) is 4.85 Å². The number of alkyl halides is 9. The smallest absolute Gasteiger partial charge is 0.346 e. The highest BCUT2D eigenvalue weighted by atomic mass is 19.4. The maximum atomic E-state index is 13.8. The number of rotatable bonds is 8. The van der Waals surface area contributed by atoms with Crippen LogP contribution in [0, 0.1) is 17.8 Å². The molecule has 1 atom stereocenters. The van der Waals surface area contributed by atoms with Gasteiger partial charge in [-0.2, -0.15) is 39.5 Å². The molecule has 0 aromatic heterocycles. The molecule has 0 spiro atoms. The van der Waals surface area contributed by atoms with Crippen molar-refractivity contribution in [3.05, 3.63) is 82.0 Å². The maximum absolute atomic E-state index is 13.8. The first-order valence-electron chi connectivity index (χ1n) is 11.4. The average Bonchev–Trinajstić information content (AvgIpc) is 3.62. The molecule has 0 saturated heterocycles. The minimum Gasteiger partial charge on any atom is -0.346 e. The van der Waals surface area contributed by atoms with E-state index in [4.69, 9.17) is 6.57 Å². The highest BCUT2D eigenvalue weighted by molar-refractivity contribution is 6.02. The van der Waals surface area contributed by atoms with Crippen molar-refractivity contribution in [1.29, 1.82) is 0 Å². The Morgan fingerprint density at radius 2 is 1.65 bits per heavy atom. The minimum absolute atomic E-state index is 0.0119. The van der Waals surface area contributed by atoms with Gasteiger partial charge >= 0.3 is 18.5 Å². The van der Waals surface area contributed by atoms with E-state index in [1.54, 1.807) is 5.32 Å². The summed E-state index contributed by atoms with van der Waals surface area (Å²) >= 11 is 0. The predicted molar refractivity (Wildman–Crippen MR) is 122 cm³/mol. The van der Waals surface area contributed by atoms with Gasteiger partial charge in [-0.3, -0.25) is 9.59 Å². The number of halogens is 10. The first-order chi connectivity index (χ1) is 18.4. The van der Waals surface area contributed by atoms with Crippen LogP contribution in [0.2, 0.25) is 0 Å². The Hall–Kier alpha value is -3.89. The normalized spacial score (nSPS) is 15.9. The van der Waals surface area contributed by atoms with Crippen LogP contribution in [-0.4, -0.2) is 30.6 Å². The van der Waals surface area contributed by atoms with Gasteiger partial charge in [0, 0.05) is 12.0 Å². The molecular weight excluding hydrogens is 562 g/mol. The van der Waals surface area contributed by atoms with Crippen LogP contribution in [0.1, 0.15) is 52.2 Å². The van der Waals surface area contributed by atoms with Crippen LogP contribution < -0.4 is 5.32 Å². The summed E-state index contributed by atoms with van der Waals surface area (Å²) < 4.78 is 133. The molecule has 2 aromatic carbocycles. The van der Waals surface area contributed by atoms with Gasteiger partial charge < -0.3 is 5.32 Å². The summed E-state index contributed by atoms with van der Waals surface area (Å²) in [5.41, 5.74) is -5.57. The van der Waals surface area contributed by atoms with E-state index in [1.807, 2.05) is 0 Å². The van der Waals surface area contributed by atoms with E-state index in [1.165, 1.54) is 0 Å². The third-order valence-corrected chi connectivity index (χ3v) is 6.22. The van der Waals surface area contributed by atoms with E-state index in [0.29, 0.717) is 30.3 Å². The fraction of sp³-hybridized carbons (Fsp3) is 0.346. The highest BCUT2D eigenvalue weighted by Crippen LogP contribution is 2.50. The van der Waals surface area contributed by atoms with Gasteiger partial charge in [0.25, 0.3) is 0 Å². The monoisotopic (exact) mass is 580 g/mol. The molecule has 0 aliphatic heterocycles. The second-order valence-electron chi connectivity index (χ2n) is 9.18. The number of nitrogens with one attached hydrogen (secondary N) is 1. The fourth-order valence-electron chi connectivity index (χ4n) is 3.97. The van der Waals surface area contributed by atoms with Gasteiger partial charge in [0.1, 0.15) is 12.4 Å². The molecule has 1 amide bonds. The summed E-state index contributed by atoms with van der Waals surface area (Å²) in [4.78, 5) is 27.7. The van der Waals surface area contributed by atoms with Crippen LogP contribution in [0.15, 0.2) is 42.5 Å². The molecule has 1 aliphatic rings. The molecule has 40 heavy (non-hydrogen) atoms. The predicted octanol–water partition coefficient (Wildman–Crippen LogP) is 7.79. The third kappa shape index (κ3) is 7.40. The van der Waals surface area contributed by atoms with Crippen molar-refractivity contribution in [2.24, 2.45) is 5.41 Å². The van der Waals surface area contributed by atoms with Gasteiger partial charge in [-0.1, -0.05) is 30.4 Å². The molecule has 1 unspecified atom stereocenters. The molecule has 0 radical (unpaired) electrons. The van der Waals surface area contributed by atoms with Crippen LogP contribution in [-0.2, 0) is 11.0 Å². The van der Waals surface area contributed by atoms with Gasteiger partial charge in [-0.05, 0) is 42.2 Å². The molecule has 14 heteroatoms. The zero-order valence-corrected chi connectivity index (χ0v) is 20.1. The Kier molecular flexibility index (Phi) is 8.38. The topological polar surface area (TPSA) is 50.5 Å². The third-order valence-electron chi connectivity index (χ3n) is 6.22. The molecule has 214 valence electrons. The van der Waals surface area contributed by atoms with Crippen molar-refractivity contribution in [3.63, 3.8) is 0 Å². The van der Waals surface area contributed by atoms with E-state index in [0.717, 1.165) is 18.2 Å². The van der Waals surface area contributed by atoms with Gasteiger partial charge in [-0.15, -0.1) is 0 Å². The number of hydrogen-bond acceptors (Lipinski definition) is 2. The number of ketones is 1. The van der Waals surface area contributed by atoms with Crippen molar-refractivity contribution in [2.45, 2.75) is 43.7 Å². The SMILES string of the molecule is [C-]#[N+]c1cc(C(/C=C/c2ccc(C(=O)CC3(C(=O)NCC(F)(F)F)CC3)c(C(F)(F)F)c2)C(F)(F)F)ccc1F. The highest BCUT2D eigenvalue weighted by Gasteiger charge is 2.52. The van der Waals surface area contributed by atoms with Crippen molar-refractivity contribution in [3.8, 4) is 0 Å². The number of benzene rings is 2. The zero-order chi connectivity index (χ0) is 30.1. The lowest BCUT2D eigenvalue weighted by Gasteiger charge is -2.19. The number of nitrogens with zero attached hydrogens (tertiary/aromatic N) is 1. The van der Waals surface area contributed by atoms with Gasteiger partial charge in [-0.25, -0.2) is 9.24 Å². The molecule has 1 fully saturated rings. The summed E-state index contributed by atoms with van der Waals surface area (Å²) in [5.74, 6) is -5.75. The molecule has 4 nitrogen and oxygen atoms in total. The molecule has 1 saturated carbocycles. The minimum atomic E-state index is -5.14. The Balaban J connectivity index is 1.89. The van der Waals surface area contributed by atoms with E-state index < -0.39 is 82.7 Å². The zero-order valence-electron chi connectivity index (χ0n) is 20.1. The lowest BCUT2D eigenvalue weighted by Crippen LogP contribution is -2.39. The largest absolute Gasteiger partial charge is 0.417 e. The molecular formula is C26H18F10N2O2. The van der Waals surface area contributed by atoms with Gasteiger partial charge in [0.15, 0.2) is 5.78 Å². The van der Waals surface area contributed by atoms with Gasteiger partial charge in [0.2, 0.25) is 11.6 Å². The summed E-state index contributed by atoms with van der Waals surface area (Å²) in [6, 6.07) is 4.19. The number of allylic oxidation sites excluding steroid dienone is 1. The lowest BCUT2D eigenvalue weighted by atomic mass is 9.91. The molecule has 1 N–H and O–H groups in total. The number of hydrogen-bond donors (Lipinski definition) is 1. The van der Waals surface area contributed by atoms with Crippen LogP contribution in [0.25, 0.3) is 10.9 Å². The maximum Gasteiger partial charge on any atom is 0.417 e. The van der Waals surface area contributed by atoms with Crippen molar-refractivity contribution < 1.29 is 53.5 Å². The summed E-state index contributed by atoms with van der Waals surface area (Å²) in [7, 11) is 0. The number of carbonyl (C=O) groups is 2. The Labute approximate surface area is 220 Å². The van der Waals surface area contributed by atoms with E-state index in [-0.39, 0.29) is 18.4 Å². The molecule has 2 aromatic rings. The second-order valence-corrected chi connectivity index (χ2v) is 9.18. The van der Waals surface area contributed by atoms with Crippen LogP contribution >= 0.6 is 0 Å². The van der Waals surface area contributed by atoms with Crippen LogP contribution in [0.5, 0.6) is 0 Å². The van der Waals surface area contributed by atoms with E-state index in [9.17, 15) is 53.5 Å². The Morgan fingerprint density at radius 1 is 1.00 bits per heavy atom. The fourth-order valence-corrected chi connectivity index (χ4v) is 3.97. The van der Waals surface area contributed by atoms with Crippen molar-refractivity contribution in [2.75, 3.05) is 6.54 Å². The molecule has 0 bridgehead atoms. The molecule has 0 heterocycles. The number of Topliss-reactive ketones (excluding diaryl/α,β-unsaturated/α-hetero) is 1. The standard InChI is InChI=1S/C26H18F10N2O2/c1-37-20-11-15(4-7-19(20)27)17(25(31,32)33)6-3-14-2-5-16(18(10-14)26(34,35)36)21(39)12-23(8-9-23)22(40)38-13-24(28,29)30/h2-7,10-11,17H,8-9,12-13H2,(H,38,40)/b6-3+. The van der Waals surface area contributed by atoms with Crippen LogP contribution in [0.4, 0.5) is 49.6 Å². The van der Waals surface area contributed by atoms with Crippen LogP contribution in [0.3, 0.4) is 0 Å². The van der Waals surface area contributed by atoms with Gasteiger partial charge in [0.05, 0.1) is 23.5 Å². The Bertz CT molecular complexity index is 1360. The summed E-state index contributed by atoms with van der Waals surface area (Å²) in [5, 5.41) is 1.62. The van der Waals surface area contributed by atoms with E-state index >= 15 is 0 Å². The Morgan fingerprint density at radius 3 is 2.17 bits per heavy atom. The quantitative estimate of drug-likeness (QED) is 0.197. The first kappa shape index (κ1) is 30.6. The average molecular weight is 580 g/mol. The summed E-state index contributed by atoms with van der Waals surface area (Å²) in [6.07, 6.45) is -14.4. The van der Waals surface area contributed by atoms with Crippen molar-refractivity contribution >= 4 is 23.5 Å². The number of amides is 1.